The van der Waals surface area contributed by atoms with Gasteiger partial charge in [-0.3, -0.25) is 9.59 Å². The highest BCUT2D eigenvalue weighted by atomic mass is 32.1. The van der Waals surface area contributed by atoms with Crippen molar-refractivity contribution < 1.29 is 33.7 Å². The number of epoxide rings is 1. The summed E-state index contributed by atoms with van der Waals surface area (Å²) in [5, 5.41) is 24.1. The maximum absolute atomic E-state index is 12.8. The van der Waals surface area contributed by atoms with Gasteiger partial charge in [-0.1, -0.05) is 5.21 Å². The van der Waals surface area contributed by atoms with E-state index in [1.54, 1.807) is 35.3 Å². The number of amides is 2. The molecule has 0 aliphatic carbocycles. The van der Waals surface area contributed by atoms with E-state index in [0.29, 0.717) is 28.6 Å². The first-order valence-electron chi connectivity index (χ1n) is 10.1. The van der Waals surface area contributed by atoms with Crippen molar-refractivity contribution in [1.29, 1.82) is 0 Å². The molecule has 1 fully saturated rings. The van der Waals surface area contributed by atoms with Gasteiger partial charge in [-0.15, -0.1) is 16.4 Å². The van der Waals surface area contributed by atoms with Crippen LogP contribution in [0.25, 0.3) is 5.69 Å². The number of aliphatic carboxylic acids is 1. The van der Waals surface area contributed by atoms with E-state index in [1.165, 1.54) is 16.0 Å². The average molecular weight is 486 g/mol. The summed E-state index contributed by atoms with van der Waals surface area (Å²) in [7, 11) is 0. The maximum atomic E-state index is 12.8. The minimum atomic E-state index is -1.23. The number of carbonyl (C=O) groups is 3. The Morgan fingerprint density at radius 2 is 2.06 bits per heavy atom. The smallest absolute Gasteiger partial charge is 0.336 e. The van der Waals surface area contributed by atoms with Gasteiger partial charge in [0, 0.05) is 17.9 Å². The van der Waals surface area contributed by atoms with Crippen molar-refractivity contribution >= 4 is 29.1 Å². The van der Waals surface area contributed by atoms with Gasteiger partial charge in [-0.05, 0) is 12.1 Å². The summed E-state index contributed by atoms with van der Waals surface area (Å²) in [6, 6.07) is 4.36. The standard InChI is InChI=1S/C20H18N6O7S/c27-18(13(3-10-7-34-8-22-10)23-19(28)16-17(33-16)20(29)30)21-5-11-6-26(25-24-11)12-1-2-14-15(4-12)32-9-31-14/h1-2,4,6-8,13,16-17H,3,5,9H2,(H,21,27)(H,23,28)(H,29,30)/t13?,16-,17-/m0/s1. The van der Waals surface area contributed by atoms with Crippen LogP contribution in [0.3, 0.4) is 0 Å². The zero-order valence-corrected chi connectivity index (χ0v) is 18.2. The third-order valence-electron chi connectivity index (χ3n) is 5.13. The Labute approximate surface area is 195 Å². The summed E-state index contributed by atoms with van der Waals surface area (Å²) >= 11 is 1.36. The maximum Gasteiger partial charge on any atom is 0.336 e. The van der Waals surface area contributed by atoms with Crippen LogP contribution in [0.5, 0.6) is 11.5 Å². The molecule has 4 heterocycles. The number of hydrogen-bond donors (Lipinski definition) is 3. The van der Waals surface area contributed by atoms with Gasteiger partial charge in [-0.25, -0.2) is 14.5 Å². The average Bonchev–Trinajstić information content (AvgIpc) is 3.18. The number of hydrogen-bond acceptors (Lipinski definition) is 10. The van der Waals surface area contributed by atoms with Crippen LogP contribution in [-0.2, 0) is 32.1 Å². The Balaban J connectivity index is 1.22. The van der Waals surface area contributed by atoms with Gasteiger partial charge in [-0.2, -0.15) is 0 Å². The van der Waals surface area contributed by atoms with Crippen LogP contribution in [0.1, 0.15) is 11.4 Å². The van der Waals surface area contributed by atoms with E-state index in [1.807, 2.05) is 0 Å². The van der Waals surface area contributed by atoms with Crippen molar-refractivity contribution in [2.75, 3.05) is 6.79 Å². The molecule has 0 spiro atoms. The Morgan fingerprint density at radius 3 is 2.82 bits per heavy atom. The van der Waals surface area contributed by atoms with Gasteiger partial charge >= 0.3 is 5.97 Å². The third-order valence-corrected chi connectivity index (χ3v) is 5.76. The molecule has 3 aromatic rings. The Morgan fingerprint density at radius 1 is 1.21 bits per heavy atom. The molecule has 3 atom stereocenters. The van der Waals surface area contributed by atoms with Crippen molar-refractivity contribution in [2.24, 2.45) is 0 Å². The molecule has 1 unspecified atom stereocenters. The summed E-state index contributed by atoms with van der Waals surface area (Å²) in [6.45, 7) is 0.223. The molecule has 34 heavy (non-hydrogen) atoms. The largest absolute Gasteiger partial charge is 0.479 e. The fraction of sp³-hybridized carbons (Fsp3) is 0.300. The molecular formula is C20H18N6O7S. The van der Waals surface area contributed by atoms with Crippen LogP contribution in [0, 0.1) is 0 Å². The number of nitrogens with one attached hydrogen (secondary N) is 2. The van der Waals surface area contributed by atoms with Crippen LogP contribution in [0.4, 0.5) is 0 Å². The second-order valence-electron chi connectivity index (χ2n) is 7.47. The topological polar surface area (TPSA) is 170 Å². The molecule has 2 amide bonds. The minimum absolute atomic E-state index is 0.0600. The van der Waals surface area contributed by atoms with Crippen LogP contribution in [0.15, 0.2) is 35.3 Å². The van der Waals surface area contributed by atoms with E-state index >= 15 is 0 Å². The first-order valence-corrected chi connectivity index (χ1v) is 11.1. The molecular weight excluding hydrogens is 468 g/mol. The van der Waals surface area contributed by atoms with E-state index in [0.717, 1.165) is 0 Å². The van der Waals surface area contributed by atoms with Gasteiger partial charge in [0.2, 0.25) is 12.7 Å². The summed E-state index contributed by atoms with van der Waals surface area (Å²) in [4.78, 5) is 40.3. The summed E-state index contributed by atoms with van der Waals surface area (Å²) in [6.07, 6.45) is -0.532. The first-order chi connectivity index (χ1) is 16.5. The summed E-state index contributed by atoms with van der Waals surface area (Å²) in [5.41, 5.74) is 3.43. The normalized spacial score (nSPS) is 18.8. The molecule has 0 saturated carbocycles. The van der Waals surface area contributed by atoms with Gasteiger partial charge in [0.15, 0.2) is 23.7 Å². The summed E-state index contributed by atoms with van der Waals surface area (Å²) < 4.78 is 17.1. The molecule has 2 aromatic heterocycles. The van der Waals surface area contributed by atoms with Crippen molar-refractivity contribution in [3.63, 3.8) is 0 Å². The molecule has 3 N–H and O–H groups in total. The zero-order chi connectivity index (χ0) is 23.7. The van der Waals surface area contributed by atoms with Crippen LogP contribution < -0.4 is 20.1 Å². The van der Waals surface area contributed by atoms with E-state index in [9.17, 15) is 14.4 Å². The molecule has 14 heteroatoms. The Hall–Kier alpha value is -4.04. The molecule has 0 radical (unpaired) electrons. The molecule has 176 valence electrons. The quantitative estimate of drug-likeness (QED) is 0.340. The molecule has 2 aliphatic heterocycles. The predicted molar refractivity (Wildman–Crippen MR) is 113 cm³/mol. The first kappa shape index (κ1) is 21.8. The van der Waals surface area contributed by atoms with E-state index in [-0.39, 0.29) is 19.8 Å². The van der Waals surface area contributed by atoms with Crippen molar-refractivity contribution in [2.45, 2.75) is 31.2 Å². The Kier molecular flexibility index (Phi) is 5.81. The second-order valence-corrected chi connectivity index (χ2v) is 8.19. The zero-order valence-electron chi connectivity index (χ0n) is 17.4. The molecule has 2 aliphatic rings. The van der Waals surface area contributed by atoms with Crippen LogP contribution >= 0.6 is 11.3 Å². The lowest BCUT2D eigenvalue weighted by Gasteiger charge is -2.17. The van der Waals surface area contributed by atoms with Crippen LogP contribution in [0.2, 0.25) is 0 Å². The Bertz CT molecular complexity index is 1230. The second kappa shape index (κ2) is 9.07. The van der Waals surface area contributed by atoms with Crippen molar-refractivity contribution in [3.05, 3.63) is 46.7 Å². The van der Waals surface area contributed by atoms with E-state index in [2.05, 4.69) is 25.9 Å². The highest BCUT2D eigenvalue weighted by Gasteiger charge is 2.51. The highest BCUT2D eigenvalue weighted by molar-refractivity contribution is 7.07. The lowest BCUT2D eigenvalue weighted by Crippen LogP contribution is -2.49. The number of thiazole rings is 1. The molecule has 5 rings (SSSR count). The van der Waals surface area contributed by atoms with E-state index in [4.69, 9.17) is 19.3 Å². The fourth-order valence-corrected chi connectivity index (χ4v) is 3.92. The number of benzene rings is 1. The van der Waals surface area contributed by atoms with Gasteiger partial charge in [0.25, 0.3) is 5.91 Å². The minimum Gasteiger partial charge on any atom is -0.479 e. The molecule has 1 aromatic carbocycles. The molecule has 1 saturated heterocycles. The highest BCUT2D eigenvalue weighted by Crippen LogP contribution is 2.33. The lowest BCUT2D eigenvalue weighted by molar-refractivity contribution is -0.138. The van der Waals surface area contributed by atoms with Gasteiger partial charge in [0.1, 0.15) is 11.7 Å². The third kappa shape index (κ3) is 4.67. The van der Waals surface area contributed by atoms with E-state index < -0.39 is 36.0 Å². The fourth-order valence-electron chi connectivity index (χ4n) is 3.34. The number of carboxylic acids is 1. The number of ether oxygens (including phenoxy) is 3. The number of nitrogens with zero attached hydrogens (tertiary/aromatic N) is 4. The van der Waals surface area contributed by atoms with Gasteiger partial charge < -0.3 is 30.0 Å². The molecule has 13 nitrogen and oxygen atoms in total. The number of fused-ring (bicyclic) bond motifs is 1. The number of carbonyl (C=O) groups excluding carboxylic acids is 2. The molecule has 0 bridgehead atoms. The van der Waals surface area contributed by atoms with Gasteiger partial charge in [0.05, 0.1) is 29.6 Å². The van der Waals surface area contributed by atoms with Crippen molar-refractivity contribution in [1.82, 2.24) is 30.6 Å². The number of carboxylic acid groups (broad SMARTS) is 1. The monoisotopic (exact) mass is 486 g/mol. The van der Waals surface area contributed by atoms with Crippen molar-refractivity contribution in [3.8, 4) is 17.2 Å². The summed E-state index contributed by atoms with van der Waals surface area (Å²) in [5.74, 6) is -1.13. The SMILES string of the molecule is O=C(NCc1cn(-c2ccc3c(c2)OCO3)nn1)C(Cc1cscn1)NC(=O)[C@H]1O[C@@H]1C(=O)O. The lowest BCUT2D eigenvalue weighted by atomic mass is 10.1. The number of rotatable bonds is 9. The predicted octanol–water partition coefficient (Wildman–Crippen LogP) is -0.352. The number of aromatic nitrogens is 4. The van der Waals surface area contributed by atoms with Crippen LogP contribution in [-0.4, -0.2) is 67.9 Å².